The first-order chi connectivity index (χ1) is 9.17. The highest BCUT2D eigenvalue weighted by atomic mass is 16.5. The molecule has 0 bridgehead atoms. The first-order valence-electron chi connectivity index (χ1n) is 6.56. The highest BCUT2D eigenvalue weighted by Gasteiger charge is 2.20. The van der Waals surface area contributed by atoms with Crippen LogP contribution in [0, 0.1) is 6.92 Å². The van der Waals surface area contributed by atoms with Crippen LogP contribution in [0.25, 0.3) is 0 Å². The van der Waals surface area contributed by atoms with Gasteiger partial charge in [0.15, 0.2) is 0 Å². The number of para-hydroxylation sites is 1. The molecule has 0 saturated heterocycles. The minimum Gasteiger partial charge on any atom is -0.494 e. The van der Waals surface area contributed by atoms with Crippen molar-refractivity contribution in [3.8, 4) is 5.75 Å². The third-order valence-corrected chi connectivity index (χ3v) is 3.18. The van der Waals surface area contributed by atoms with Crippen LogP contribution in [0.2, 0.25) is 0 Å². The molecule has 0 aliphatic heterocycles. The number of rotatable bonds is 5. The van der Waals surface area contributed by atoms with E-state index in [4.69, 9.17) is 4.74 Å². The second-order valence-electron chi connectivity index (χ2n) is 4.54. The molecule has 0 aliphatic rings. The van der Waals surface area contributed by atoms with Gasteiger partial charge in [-0.15, -0.1) is 0 Å². The number of aryl methyl sites for hydroxylation is 2. The number of nitrogens with zero attached hydrogens (tertiary/aromatic N) is 2. The van der Waals surface area contributed by atoms with E-state index in [0.717, 1.165) is 17.0 Å². The fraction of sp³-hybridized carbons (Fsp3) is 0.400. The molecule has 102 valence electrons. The molecule has 1 unspecified atom stereocenters. The minimum absolute atomic E-state index is 0.0939. The van der Waals surface area contributed by atoms with E-state index in [9.17, 15) is 0 Å². The van der Waals surface area contributed by atoms with E-state index in [0.29, 0.717) is 6.61 Å². The molecule has 4 nitrogen and oxygen atoms in total. The molecular formula is C15H21N3O. The number of aromatic nitrogens is 2. The van der Waals surface area contributed by atoms with Gasteiger partial charge in [-0.25, -0.2) is 0 Å². The summed E-state index contributed by atoms with van der Waals surface area (Å²) in [4.78, 5) is 0. The van der Waals surface area contributed by atoms with Gasteiger partial charge in [0.05, 0.1) is 18.3 Å². The van der Waals surface area contributed by atoms with Crippen molar-refractivity contribution < 1.29 is 4.74 Å². The molecule has 1 aromatic heterocycles. The van der Waals surface area contributed by atoms with E-state index in [1.54, 1.807) is 0 Å². The molecule has 19 heavy (non-hydrogen) atoms. The Morgan fingerprint density at radius 3 is 2.63 bits per heavy atom. The van der Waals surface area contributed by atoms with Crippen molar-refractivity contribution in [3.05, 3.63) is 47.3 Å². The monoisotopic (exact) mass is 259 g/mol. The van der Waals surface area contributed by atoms with Crippen molar-refractivity contribution in [2.45, 2.75) is 19.9 Å². The fourth-order valence-electron chi connectivity index (χ4n) is 2.39. The lowest BCUT2D eigenvalue weighted by Gasteiger charge is -2.19. The quantitative estimate of drug-likeness (QED) is 0.896. The van der Waals surface area contributed by atoms with E-state index in [-0.39, 0.29) is 6.04 Å². The third kappa shape index (κ3) is 2.79. The summed E-state index contributed by atoms with van der Waals surface area (Å²) in [6, 6.07) is 8.23. The van der Waals surface area contributed by atoms with Crippen LogP contribution in [0.5, 0.6) is 5.75 Å². The Morgan fingerprint density at radius 2 is 2.05 bits per heavy atom. The van der Waals surface area contributed by atoms with Gasteiger partial charge in [-0.3, -0.25) is 4.68 Å². The van der Waals surface area contributed by atoms with Crippen molar-refractivity contribution in [2.75, 3.05) is 13.7 Å². The maximum Gasteiger partial charge on any atom is 0.124 e. The summed E-state index contributed by atoms with van der Waals surface area (Å²) in [5.41, 5.74) is 3.35. The van der Waals surface area contributed by atoms with Gasteiger partial charge in [-0.2, -0.15) is 5.10 Å². The van der Waals surface area contributed by atoms with Crippen LogP contribution in [0.3, 0.4) is 0 Å². The van der Waals surface area contributed by atoms with E-state index < -0.39 is 0 Å². The van der Waals surface area contributed by atoms with Crippen molar-refractivity contribution >= 4 is 0 Å². The molecule has 2 rings (SSSR count). The topological polar surface area (TPSA) is 39.1 Å². The third-order valence-electron chi connectivity index (χ3n) is 3.18. The van der Waals surface area contributed by atoms with Crippen LogP contribution in [0.1, 0.15) is 29.8 Å². The Morgan fingerprint density at radius 1 is 1.32 bits per heavy atom. The lowest BCUT2D eigenvalue weighted by molar-refractivity contribution is 0.334. The maximum absolute atomic E-state index is 5.72. The van der Waals surface area contributed by atoms with Crippen LogP contribution in [-0.4, -0.2) is 23.4 Å². The minimum atomic E-state index is 0.0939. The molecule has 0 saturated carbocycles. The van der Waals surface area contributed by atoms with Crippen molar-refractivity contribution in [1.29, 1.82) is 0 Å². The van der Waals surface area contributed by atoms with Gasteiger partial charge in [0.2, 0.25) is 0 Å². The highest BCUT2D eigenvalue weighted by Crippen LogP contribution is 2.30. The second-order valence-corrected chi connectivity index (χ2v) is 4.54. The standard InChI is InChI=1S/C15H21N3O/c1-5-19-14-9-7-6-8-12(14)15(16-3)13-10-18(4)17-11(13)2/h6-10,15-16H,5H2,1-4H3. The van der Waals surface area contributed by atoms with Crippen LogP contribution in [0.15, 0.2) is 30.5 Å². The van der Waals surface area contributed by atoms with Gasteiger partial charge in [-0.05, 0) is 27.0 Å². The summed E-state index contributed by atoms with van der Waals surface area (Å²) < 4.78 is 7.57. The lowest BCUT2D eigenvalue weighted by atomic mass is 9.98. The van der Waals surface area contributed by atoms with Crippen LogP contribution in [0.4, 0.5) is 0 Å². The Kier molecular flexibility index (Phi) is 4.22. The summed E-state index contributed by atoms with van der Waals surface area (Å²) in [6.07, 6.45) is 2.05. The zero-order valence-corrected chi connectivity index (χ0v) is 12.0. The van der Waals surface area contributed by atoms with Gasteiger partial charge in [0, 0.05) is 24.4 Å². The predicted octanol–water partition coefficient (Wildman–Crippen LogP) is 2.44. The van der Waals surface area contributed by atoms with Crippen molar-refractivity contribution in [2.24, 2.45) is 7.05 Å². The van der Waals surface area contributed by atoms with Crippen molar-refractivity contribution in [3.63, 3.8) is 0 Å². The van der Waals surface area contributed by atoms with E-state index in [2.05, 4.69) is 22.7 Å². The molecule has 0 amide bonds. The Hall–Kier alpha value is -1.81. The first-order valence-corrected chi connectivity index (χ1v) is 6.56. The molecule has 0 radical (unpaired) electrons. The molecule has 1 atom stereocenters. The fourth-order valence-corrected chi connectivity index (χ4v) is 2.39. The number of nitrogens with one attached hydrogen (secondary N) is 1. The van der Waals surface area contributed by atoms with E-state index in [1.807, 2.05) is 50.8 Å². The molecule has 2 aromatic rings. The van der Waals surface area contributed by atoms with Gasteiger partial charge in [0.1, 0.15) is 5.75 Å². The second kappa shape index (κ2) is 5.89. The Balaban J connectivity index is 2.45. The SMILES string of the molecule is CCOc1ccccc1C(NC)c1cn(C)nc1C. The number of hydrogen-bond acceptors (Lipinski definition) is 3. The largest absolute Gasteiger partial charge is 0.494 e. The number of benzene rings is 1. The van der Waals surface area contributed by atoms with E-state index in [1.165, 1.54) is 5.56 Å². The van der Waals surface area contributed by atoms with Crippen LogP contribution >= 0.6 is 0 Å². The average molecular weight is 259 g/mol. The van der Waals surface area contributed by atoms with Crippen molar-refractivity contribution in [1.82, 2.24) is 15.1 Å². The average Bonchev–Trinajstić information content (AvgIpc) is 2.72. The summed E-state index contributed by atoms with van der Waals surface area (Å²) in [5, 5.41) is 7.77. The van der Waals surface area contributed by atoms with Gasteiger partial charge in [0.25, 0.3) is 0 Å². The highest BCUT2D eigenvalue weighted by molar-refractivity contribution is 5.42. The Bertz CT molecular complexity index is 548. The predicted molar refractivity (Wildman–Crippen MR) is 76.5 cm³/mol. The zero-order chi connectivity index (χ0) is 13.8. The number of ether oxygens (including phenoxy) is 1. The molecular weight excluding hydrogens is 238 g/mol. The summed E-state index contributed by atoms with van der Waals surface area (Å²) in [7, 11) is 3.90. The summed E-state index contributed by atoms with van der Waals surface area (Å²) in [5.74, 6) is 0.924. The van der Waals surface area contributed by atoms with Gasteiger partial charge < -0.3 is 10.1 Å². The molecule has 1 heterocycles. The summed E-state index contributed by atoms with van der Waals surface area (Å²) >= 11 is 0. The molecule has 4 heteroatoms. The molecule has 0 aliphatic carbocycles. The first kappa shape index (κ1) is 13.6. The van der Waals surface area contributed by atoms with Crippen LogP contribution in [-0.2, 0) is 7.05 Å². The molecule has 1 aromatic carbocycles. The maximum atomic E-state index is 5.72. The van der Waals surface area contributed by atoms with Crippen LogP contribution < -0.4 is 10.1 Å². The van der Waals surface area contributed by atoms with E-state index >= 15 is 0 Å². The molecule has 0 spiro atoms. The lowest BCUT2D eigenvalue weighted by Crippen LogP contribution is -2.19. The molecule has 0 fully saturated rings. The van der Waals surface area contributed by atoms with Gasteiger partial charge >= 0.3 is 0 Å². The zero-order valence-electron chi connectivity index (χ0n) is 12.0. The summed E-state index contributed by atoms with van der Waals surface area (Å²) in [6.45, 7) is 4.70. The normalized spacial score (nSPS) is 12.4. The molecule has 1 N–H and O–H groups in total. The Labute approximate surface area is 114 Å². The van der Waals surface area contributed by atoms with Gasteiger partial charge in [-0.1, -0.05) is 18.2 Å². The number of hydrogen-bond donors (Lipinski definition) is 1. The smallest absolute Gasteiger partial charge is 0.124 e.